The molecule has 1 atom stereocenters. The fourth-order valence-electron chi connectivity index (χ4n) is 2.06. The van der Waals surface area contributed by atoms with Crippen molar-refractivity contribution in [3.05, 3.63) is 29.6 Å². The Balaban J connectivity index is 2.94. The largest absolute Gasteiger partial charge is 0.478 e. The molecule has 1 unspecified atom stereocenters. The minimum atomic E-state index is -1.16. The van der Waals surface area contributed by atoms with Gasteiger partial charge in [-0.15, -0.1) is 0 Å². The quantitative estimate of drug-likeness (QED) is 0.838. The SMILES string of the molecule is CCCC(C(=O)Nc1cc(C(=O)O)ccc1F)C(C)C. The number of benzene rings is 1. The molecule has 4 nitrogen and oxygen atoms in total. The van der Waals surface area contributed by atoms with Gasteiger partial charge in [0.15, 0.2) is 0 Å². The Hall–Kier alpha value is -1.91. The number of carboxylic acid groups (broad SMARTS) is 1. The number of carbonyl (C=O) groups excluding carboxylic acids is 1. The van der Waals surface area contributed by atoms with Crippen molar-refractivity contribution in [3.63, 3.8) is 0 Å². The van der Waals surface area contributed by atoms with Gasteiger partial charge in [-0.05, 0) is 30.5 Å². The molecule has 1 aromatic rings. The zero-order valence-electron chi connectivity index (χ0n) is 11.9. The number of amides is 1. The van der Waals surface area contributed by atoms with Crippen LogP contribution in [0.5, 0.6) is 0 Å². The summed E-state index contributed by atoms with van der Waals surface area (Å²) in [5.74, 6) is -2.14. The molecule has 1 rings (SSSR count). The second kappa shape index (κ2) is 7.03. The number of hydrogen-bond acceptors (Lipinski definition) is 2. The van der Waals surface area contributed by atoms with E-state index < -0.39 is 11.8 Å². The average molecular weight is 281 g/mol. The van der Waals surface area contributed by atoms with Crippen LogP contribution in [0.3, 0.4) is 0 Å². The lowest BCUT2D eigenvalue weighted by atomic mass is 9.90. The van der Waals surface area contributed by atoms with Crippen LogP contribution in [0, 0.1) is 17.7 Å². The fraction of sp³-hybridized carbons (Fsp3) is 0.467. The molecule has 1 amide bonds. The maximum atomic E-state index is 13.6. The highest BCUT2D eigenvalue weighted by Gasteiger charge is 2.22. The Labute approximate surface area is 118 Å². The summed E-state index contributed by atoms with van der Waals surface area (Å²) in [7, 11) is 0. The van der Waals surface area contributed by atoms with Crippen molar-refractivity contribution in [3.8, 4) is 0 Å². The molecule has 5 heteroatoms. The maximum absolute atomic E-state index is 13.6. The van der Waals surface area contributed by atoms with Crippen LogP contribution in [0.25, 0.3) is 0 Å². The molecule has 0 spiro atoms. The number of nitrogens with one attached hydrogen (secondary N) is 1. The summed E-state index contributed by atoms with van der Waals surface area (Å²) in [6.07, 6.45) is 1.57. The first kappa shape index (κ1) is 16.1. The van der Waals surface area contributed by atoms with Crippen molar-refractivity contribution in [2.75, 3.05) is 5.32 Å². The van der Waals surface area contributed by atoms with E-state index in [2.05, 4.69) is 5.32 Å². The van der Waals surface area contributed by atoms with E-state index in [4.69, 9.17) is 5.11 Å². The predicted octanol–water partition coefficient (Wildman–Crippen LogP) is 3.53. The van der Waals surface area contributed by atoms with E-state index in [9.17, 15) is 14.0 Å². The number of halogens is 1. The van der Waals surface area contributed by atoms with Gasteiger partial charge in [-0.3, -0.25) is 4.79 Å². The number of hydrogen-bond donors (Lipinski definition) is 2. The monoisotopic (exact) mass is 281 g/mol. The second-order valence-corrected chi connectivity index (χ2v) is 5.13. The molecular formula is C15H20FNO3. The normalized spacial score (nSPS) is 12.2. The van der Waals surface area contributed by atoms with E-state index in [1.807, 2.05) is 20.8 Å². The molecule has 0 radical (unpaired) electrons. The van der Waals surface area contributed by atoms with E-state index >= 15 is 0 Å². The van der Waals surface area contributed by atoms with Crippen molar-refractivity contribution in [2.45, 2.75) is 33.6 Å². The predicted molar refractivity (Wildman–Crippen MR) is 75.2 cm³/mol. The van der Waals surface area contributed by atoms with E-state index in [0.29, 0.717) is 6.42 Å². The zero-order chi connectivity index (χ0) is 15.3. The van der Waals surface area contributed by atoms with Crippen molar-refractivity contribution < 1.29 is 19.1 Å². The lowest BCUT2D eigenvalue weighted by molar-refractivity contribution is -0.121. The van der Waals surface area contributed by atoms with Crippen LogP contribution in [0.1, 0.15) is 44.0 Å². The number of rotatable bonds is 6. The second-order valence-electron chi connectivity index (χ2n) is 5.13. The van der Waals surface area contributed by atoms with Gasteiger partial charge in [0.25, 0.3) is 0 Å². The molecule has 0 aromatic heterocycles. The molecule has 0 aliphatic carbocycles. The first-order chi connectivity index (χ1) is 9.36. The molecule has 0 fully saturated rings. The highest BCUT2D eigenvalue weighted by molar-refractivity contribution is 5.95. The van der Waals surface area contributed by atoms with Crippen LogP contribution in [0.15, 0.2) is 18.2 Å². The topological polar surface area (TPSA) is 66.4 Å². The fourth-order valence-corrected chi connectivity index (χ4v) is 2.06. The lowest BCUT2D eigenvalue weighted by Gasteiger charge is -2.19. The Bertz CT molecular complexity index is 500. The first-order valence-electron chi connectivity index (χ1n) is 6.70. The highest BCUT2D eigenvalue weighted by Crippen LogP contribution is 2.22. The van der Waals surface area contributed by atoms with E-state index in [1.54, 1.807) is 0 Å². The Kier molecular flexibility index (Phi) is 5.67. The highest BCUT2D eigenvalue weighted by atomic mass is 19.1. The zero-order valence-corrected chi connectivity index (χ0v) is 11.9. The van der Waals surface area contributed by atoms with Crippen LogP contribution in [-0.4, -0.2) is 17.0 Å². The van der Waals surface area contributed by atoms with E-state index in [0.717, 1.165) is 18.6 Å². The molecule has 0 bridgehead atoms. The van der Waals surface area contributed by atoms with Crippen LogP contribution < -0.4 is 5.32 Å². The Morgan fingerprint density at radius 2 is 2.00 bits per heavy atom. The van der Waals surface area contributed by atoms with Gasteiger partial charge in [0.1, 0.15) is 5.82 Å². The van der Waals surface area contributed by atoms with Gasteiger partial charge in [0, 0.05) is 5.92 Å². The van der Waals surface area contributed by atoms with Crippen molar-refractivity contribution in [1.82, 2.24) is 0 Å². The summed E-state index contributed by atoms with van der Waals surface area (Å²) in [4.78, 5) is 23.0. The summed E-state index contributed by atoms with van der Waals surface area (Å²) in [5, 5.41) is 11.4. The van der Waals surface area contributed by atoms with Crippen LogP contribution >= 0.6 is 0 Å². The van der Waals surface area contributed by atoms with Crippen molar-refractivity contribution in [1.29, 1.82) is 0 Å². The summed E-state index contributed by atoms with van der Waals surface area (Å²) in [5.41, 5.74) is -0.144. The summed E-state index contributed by atoms with van der Waals surface area (Å²) in [6.45, 7) is 5.85. The number of anilines is 1. The molecule has 0 aliphatic heterocycles. The third-order valence-electron chi connectivity index (χ3n) is 3.21. The number of aromatic carboxylic acids is 1. The molecule has 0 aliphatic rings. The Morgan fingerprint density at radius 1 is 1.35 bits per heavy atom. The van der Waals surface area contributed by atoms with Gasteiger partial charge in [0.05, 0.1) is 11.3 Å². The summed E-state index contributed by atoms with van der Waals surface area (Å²) < 4.78 is 13.6. The third-order valence-corrected chi connectivity index (χ3v) is 3.21. The minimum absolute atomic E-state index is 0.0571. The molecular weight excluding hydrogens is 261 g/mol. The molecule has 2 N–H and O–H groups in total. The van der Waals surface area contributed by atoms with Gasteiger partial charge in [-0.25, -0.2) is 9.18 Å². The molecule has 0 saturated heterocycles. The minimum Gasteiger partial charge on any atom is -0.478 e. The van der Waals surface area contributed by atoms with Crippen LogP contribution in [0.2, 0.25) is 0 Å². The van der Waals surface area contributed by atoms with Gasteiger partial charge in [0.2, 0.25) is 5.91 Å². The number of carbonyl (C=O) groups is 2. The molecule has 0 heterocycles. The third kappa shape index (κ3) is 4.05. The van der Waals surface area contributed by atoms with Gasteiger partial charge in [-0.2, -0.15) is 0 Å². The Morgan fingerprint density at radius 3 is 2.50 bits per heavy atom. The van der Waals surface area contributed by atoms with Gasteiger partial charge >= 0.3 is 5.97 Å². The summed E-state index contributed by atoms with van der Waals surface area (Å²) in [6, 6.07) is 3.35. The molecule has 110 valence electrons. The first-order valence-corrected chi connectivity index (χ1v) is 6.70. The average Bonchev–Trinajstić information content (AvgIpc) is 2.37. The van der Waals surface area contributed by atoms with Gasteiger partial charge in [-0.1, -0.05) is 27.2 Å². The molecule has 0 saturated carbocycles. The van der Waals surface area contributed by atoms with Crippen molar-refractivity contribution in [2.24, 2.45) is 11.8 Å². The van der Waals surface area contributed by atoms with Gasteiger partial charge < -0.3 is 10.4 Å². The standard InChI is InChI=1S/C15H20FNO3/c1-4-5-11(9(2)3)14(18)17-13-8-10(15(19)20)6-7-12(13)16/h6-9,11H,4-5H2,1-3H3,(H,17,18)(H,19,20). The van der Waals surface area contributed by atoms with Crippen LogP contribution in [-0.2, 0) is 4.79 Å². The maximum Gasteiger partial charge on any atom is 0.335 e. The molecule has 1 aromatic carbocycles. The smallest absolute Gasteiger partial charge is 0.335 e. The van der Waals surface area contributed by atoms with Crippen molar-refractivity contribution >= 4 is 17.6 Å². The summed E-state index contributed by atoms with van der Waals surface area (Å²) >= 11 is 0. The lowest BCUT2D eigenvalue weighted by Crippen LogP contribution is -2.27. The number of carboxylic acids is 1. The van der Waals surface area contributed by atoms with E-state index in [-0.39, 0.29) is 29.0 Å². The van der Waals surface area contributed by atoms with E-state index in [1.165, 1.54) is 6.07 Å². The van der Waals surface area contributed by atoms with Crippen LogP contribution in [0.4, 0.5) is 10.1 Å². The molecule has 20 heavy (non-hydrogen) atoms.